The first kappa shape index (κ1) is 40.8. The quantitative estimate of drug-likeness (QED) is 0.0499. The number of hydrogen-bond acceptors (Lipinski definition) is 10. The van der Waals surface area contributed by atoms with E-state index >= 15 is 0 Å². The summed E-state index contributed by atoms with van der Waals surface area (Å²) in [5.41, 5.74) is 6.59. The van der Waals surface area contributed by atoms with Crippen molar-refractivity contribution in [3.63, 3.8) is 0 Å². The van der Waals surface area contributed by atoms with Crippen LogP contribution in [0.2, 0.25) is 0 Å². The lowest BCUT2D eigenvalue weighted by atomic mass is 10.1. The Morgan fingerprint density at radius 1 is 0.741 bits per heavy atom. The number of aliphatic hydroxyl groups is 1. The molecule has 0 spiro atoms. The molecule has 54 heavy (non-hydrogen) atoms. The summed E-state index contributed by atoms with van der Waals surface area (Å²) in [5.74, 6) is -2.03. The van der Waals surface area contributed by atoms with E-state index in [0.717, 1.165) is 20.0 Å². The molecule has 2 aliphatic rings. The van der Waals surface area contributed by atoms with Crippen LogP contribution in [-0.2, 0) is 40.3 Å². The number of pyridine rings is 2. The SMILES string of the molecule is C=COCCONC(=O)c1c(Nc2ccc(I)cc2F)cc(=O)n2c1CCC2.O=C(NOCCO)c1c(Nc2ccc(I)cc2F)cc(=O)n2c1CCC2. The number of hydroxylamine groups is 2. The molecule has 0 fully saturated rings. The molecule has 0 unspecified atom stereocenters. The van der Waals surface area contributed by atoms with Gasteiger partial charge in [-0.2, -0.15) is 0 Å². The normalized spacial score (nSPS) is 12.5. The second-order valence-electron chi connectivity index (χ2n) is 11.8. The minimum atomic E-state index is -0.558. The Morgan fingerprint density at radius 3 is 1.63 bits per heavy atom. The van der Waals surface area contributed by atoms with Gasteiger partial charge in [0.15, 0.2) is 0 Å². The van der Waals surface area contributed by atoms with Gasteiger partial charge < -0.3 is 29.6 Å². The Morgan fingerprint density at radius 2 is 1.20 bits per heavy atom. The number of fused-ring (bicyclic) bond motifs is 2. The number of aromatic nitrogens is 2. The Kier molecular flexibility index (Phi) is 14.6. The summed E-state index contributed by atoms with van der Waals surface area (Å²) >= 11 is 4.00. The molecule has 18 heteroatoms. The van der Waals surface area contributed by atoms with Crippen LogP contribution in [0.1, 0.15) is 44.9 Å². The van der Waals surface area contributed by atoms with Gasteiger partial charge in [0.05, 0.1) is 53.4 Å². The van der Waals surface area contributed by atoms with Crippen LogP contribution in [0.4, 0.5) is 31.5 Å². The molecule has 6 rings (SSSR count). The molecule has 0 atom stereocenters. The van der Waals surface area contributed by atoms with Crippen LogP contribution in [0.3, 0.4) is 0 Å². The molecule has 0 aliphatic carbocycles. The van der Waals surface area contributed by atoms with E-state index < -0.39 is 23.4 Å². The van der Waals surface area contributed by atoms with Crippen LogP contribution >= 0.6 is 45.2 Å². The molecular formula is C36H36F2I2N6O8. The van der Waals surface area contributed by atoms with E-state index in [0.29, 0.717) is 37.3 Å². The number of ether oxygens (including phenoxy) is 1. The largest absolute Gasteiger partial charge is 0.499 e. The van der Waals surface area contributed by atoms with Crippen LogP contribution in [-0.4, -0.2) is 52.5 Å². The third kappa shape index (κ3) is 10.0. The lowest BCUT2D eigenvalue weighted by Crippen LogP contribution is -2.30. The summed E-state index contributed by atoms with van der Waals surface area (Å²) in [5, 5.41) is 14.5. The minimum absolute atomic E-state index is 0.0603. The van der Waals surface area contributed by atoms with Crippen LogP contribution in [0.15, 0.2) is 71.0 Å². The highest BCUT2D eigenvalue weighted by molar-refractivity contribution is 14.1. The van der Waals surface area contributed by atoms with Gasteiger partial charge in [-0.15, -0.1) is 0 Å². The summed E-state index contributed by atoms with van der Waals surface area (Å²) in [6.45, 7) is 4.54. The molecule has 286 valence electrons. The molecular weight excluding hydrogens is 936 g/mol. The molecule has 4 aromatic rings. The van der Waals surface area contributed by atoms with Gasteiger partial charge >= 0.3 is 0 Å². The van der Waals surface area contributed by atoms with Crippen molar-refractivity contribution in [3.8, 4) is 0 Å². The molecule has 14 nitrogen and oxygen atoms in total. The molecule has 0 saturated carbocycles. The van der Waals surface area contributed by atoms with Gasteiger partial charge in [0.25, 0.3) is 22.9 Å². The standard InChI is InChI=1S/C19H19FIN3O4.C17H17FIN3O4/c1-2-27-8-9-28-23-19(26)18-15(11-17(25)24-7-3-4-16(18)24)22-14-6-5-12(21)10-13(14)20;18-11-8-10(19)3-4-12(11)20-13-9-15(24)22-5-1-2-14(22)16(13)17(25)21-26-7-6-23/h2,5-6,10-11,22H,1,3-4,7-9H2,(H,23,26);3-4,8-9,20,23H,1-2,5-7H2,(H,21,25). The predicted octanol–water partition coefficient (Wildman–Crippen LogP) is 5.04. The van der Waals surface area contributed by atoms with Gasteiger partial charge in [0.1, 0.15) is 24.8 Å². The Bertz CT molecular complexity index is 2160. The van der Waals surface area contributed by atoms with E-state index in [-0.39, 0.29) is 71.4 Å². The van der Waals surface area contributed by atoms with Gasteiger partial charge in [0.2, 0.25) is 0 Å². The number of nitrogens with zero attached hydrogens (tertiary/aromatic N) is 2. The van der Waals surface area contributed by atoms with E-state index in [9.17, 15) is 28.0 Å². The summed E-state index contributed by atoms with van der Waals surface area (Å²) < 4.78 is 37.9. The van der Waals surface area contributed by atoms with Gasteiger partial charge in [0, 0.05) is 43.8 Å². The fourth-order valence-corrected chi connectivity index (χ4v) is 6.85. The zero-order chi connectivity index (χ0) is 38.8. The van der Waals surface area contributed by atoms with E-state index in [1.165, 1.54) is 35.1 Å². The van der Waals surface area contributed by atoms with Crippen molar-refractivity contribution in [2.45, 2.75) is 38.8 Å². The van der Waals surface area contributed by atoms with Gasteiger partial charge in [-0.1, -0.05) is 6.58 Å². The molecule has 5 N–H and O–H groups in total. The fraction of sp³-hybridized carbons (Fsp3) is 0.278. The van der Waals surface area contributed by atoms with E-state index in [2.05, 4.69) is 28.2 Å². The number of nitrogens with one attached hydrogen (secondary N) is 4. The van der Waals surface area contributed by atoms with Crippen molar-refractivity contribution in [3.05, 3.63) is 123 Å². The topological polar surface area (TPSA) is 174 Å². The summed E-state index contributed by atoms with van der Waals surface area (Å²) in [6.07, 6.45) is 3.91. The number of anilines is 4. The zero-order valence-corrected chi connectivity index (χ0v) is 33.0. The lowest BCUT2D eigenvalue weighted by Gasteiger charge is -2.17. The molecule has 2 aromatic heterocycles. The minimum Gasteiger partial charge on any atom is -0.499 e. The van der Waals surface area contributed by atoms with E-state index in [4.69, 9.17) is 19.5 Å². The van der Waals surface area contributed by atoms with E-state index in [1.807, 2.05) is 45.2 Å². The smallest absolute Gasteiger partial charge is 0.278 e. The van der Waals surface area contributed by atoms with Crippen LogP contribution in [0.25, 0.3) is 0 Å². The third-order valence-corrected chi connectivity index (χ3v) is 9.57. The maximum Gasteiger partial charge on any atom is 0.278 e. The summed E-state index contributed by atoms with van der Waals surface area (Å²) in [4.78, 5) is 60.1. The average Bonchev–Trinajstić information content (AvgIpc) is 3.83. The summed E-state index contributed by atoms with van der Waals surface area (Å²) in [7, 11) is 0. The monoisotopic (exact) mass is 972 g/mol. The van der Waals surface area contributed by atoms with Crippen molar-refractivity contribution < 1.29 is 37.9 Å². The highest BCUT2D eigenvalue weighted by atomic mass is 127. The number of benzene rings is 2. The Balaban J connectivity index is 0.000000208. The highest BCUT2D eigenvalue weighted by Crippen LogP contribution is 2.30. The van der Waals surface area contributed by atoms with Gasteiger partial charge in [-0.05, 0) is 107 Å². The van der Waals surface area contributed by atoms with Crippen molar-refractivity contribution in [2.24, 2.45) is 0 Å². The fourth-order valence-electron chi connectivity index (χ4n) is 5.94. The number of carbonyl (C=O) groups is 2. The highest BCUT2D eigenvalue weighted by Gasteiger charge is 2.27. The van der Waals surface area contributed by atoms with Crippen LogP contribution in [0, 0.1) is 18.8 Å². The predicted molar refractivity (Wildman–Crippen MR) is 213 cm³/mol. The van der Waals surface area contributed by atoms with Crippen molar-refractivity contribution >= 4 is 79.7 Å². The molecule has 2 aromatic carbocycles. The first-order chi connectivity index (χ1) is 26.0. The van der Waals surface area contributed by atoms with Crippen molar-refractivity contribution in [1.29, 1.82) is 0 Å². The average molecular weight is 973 g/mol. The second kappa shape index (κ2) is 19.3. The number of carbonyl (C=O) groups excluding carboxylic acids is 2. The number of halogens is 4. The first-order valence-electron chi connectivity index (χ1n) is 16.7. The van der Waals surface area contributed by atoms with Gasteiger partial charge in [-0.3, -0.25) is 28.9 Å². The van der Waals surface area contributed by atoms with Gasteiger partial charge in [-0.25, -0.2) is 19.7 Å². The number of rotatable bonds is 14. The lowest BCUT2D eigenvalue weighted by molar-refractivity contribution is 0.0144. The molecule has 0 saturated heterocycles. The second-order valence-corrected chi connectivity index (χ2v) is 14.3. The summed E-state index contributed by atoms with van der Waals surface area (Å²) in [6, 6.07) is 11.9. The maximum absolute atomic E-state index is 14.3. The number of aliphatic hydroxyl groups excluding tert-OH is 1. The van der Waals surface area contributed by atoms with Crippen molar-refractivity contribution in [1.82, 2.24) is 20.1 Å². The molecule has 0 radical (unpaired) electrons. The van der Waals surface area contributed by atoms with E-state index in [1.54, 1.807) is 28.8 Å². The Labute approximate surface area is 335 Å². The first-order valence-corrected chi connectivity index (χ1v) is 18.8. The molecule has 2 amide bonds. The Hall–Kier alpha value is -4.38. The number of amides is 2. The molecule has 2 aliphatic heterocycles. The van der Waals surface area contributed by atoms with Crippen LogP contribution < -0.4 is 32.7 Å². The maximum atomic E-state index is 14.3. The molecule has 0 bridgehead atoms. The van der Waals surface area contributed by atoms with Crippen molar-refractivity contribution in [2.75, 3.05) is 37.1 Å². The number of hydrogen-bond donors (Lipinski definition) is 5. The zero-order valence-electron chi connectivity index (χ0n) is 28.7. The van der Waals surface area contributed by atoms with Crippen LogP contribution in [0.5, 0.6) is 0 Å². The molecule has 4 heterocycles. The third-order valence-electron chi connectivity index (χ3n) is 8.23.